The fourth-order valence-electron chi connectivity index (χ4n) is 3.03. The SMILES string of the molecule is CN(CCNCC=O)C1CCCC1.Nc1ccc2ccccc2n1. The Morgan fingerprint density at radius 3 is 2.75 bits per heavy atom. The topological polar surface area (TPSA) is 71.2 Å². The first-order chi connectivity index (χ1) is 11.7. The van der Waals surface area contributed by atoms with Crippen molar-refractivity contribution in [2.45, 2.75) is 31.7 Å². The van der Waals surface area contributed by atoms with Gasteiger partial charge in [0.25, 0.3) is 0 Å². The van der Waals surface area contributed by atoms with E-state index in [1.807, 2.05) is 36.4 Å². The van der Waals surface area contributed by atoms with Crippen molar-refractivity contribution in [2.75, 3.05) is 32.4 Å². The van der Waals surface area contributed by atoms with Gasteiger partial charge in [0.2, 0.25) is 0 Å². The van der Waals surface area contributed by atoms with E-state index in [1.165, 1.54) is 25.7 Å². The highest BCUT2D eigenvalue weighted by Crippen LogP contribution is 2.21. The van der Waals surface area contributed by atoms with E-state index in [2.05, 4.69) is 22.2 Å². The number of para-hydroxylation sites is 1. The summed E-state index contributed by atoms with van der Waals surface area (Å²) in [6.45, 7) is 2.46. The van der Waals surface area contributed by atoms with Crippen LogP contribution in [0.3, 0.4) is 0 Å². The normalized spacial score (nSPS) is 14.6. The largest absolute Gasteiger partial charge is 0.384 e. The van der Waals surface area contributed by atoms with Gasteiger partial charge in [-0.25, -0.2) is 4.98 Å². The Kier molecular flexibility index (Phi) is 7.65. The third-order valence-electron chi connectivity index (χ3n) is 4.44. The molecule has 1 aliphatic carbocycles. The lowest BCUT2D eigenvalue weighted by atomic mass is 10.2. The second-order valence-corrected chi connectivity index (χ2v) is 6.22. The van der Waals surface area contributed by atoms with E-state index < -0.39 is 0 Å². The molecule has 5 nitrogen and oxygen atoms in total. The molecule has 1 heterocycles. The Morgan fingerprint density at radius 1 is 1.25 bits per heavy atom. The Balaban J connectivity index is 0.000000175. The van der Waals surface area contributed by atoms with Crippen molar-refractivity contribution in [2.24, 2.45) is 0 Å². The number of fused-ring (bicyclic) bond motifs is 1. The van der Waals surface area contributed by atoms with Gasteiger partial charge < -0.3 is 20.7 Å². The molecule has 1 aliphatic rings. The van der Waals surface area contributed by atoms with E-state index in [1.54, 1.807) is 0 Å². The molecule has 24 heavy (non-hydrogen) atoms. The highest BCUT2D eigenvalue weighted by molar-refractivity contribution is 5.79. The van der Waals surface area contributed by atoms with Gasteiger partial charge >= 0.3 is 0 Å². The number of nitrogens with one attached hydrogen (secondary N) is 1. The second-order valence-electron chi connectivity index (χ2n) is 6.22. The molecule has 0 spiro atoms. The molecule has 1 aromatic heterocycles. The lowest BCUT2D eigenvalue weighted by Gasteiger charge is -2.23. The number of aldehydes is 1. The Hall–Kier alpha value is -1.98. The minimum Gasteiger partial charge on any atom is -0.384 e. The molecule has 3 N–H and O–H groups in total. The van der Waals surface area contributed by atoms with Gasteiger partial charge in [0.15, 0.2) is 0 Å². The van der Waals surface area contributed by atoms with Crippen LogP contribution in [0.2, 0.25) is 0 Å². The van der Waals surface area contributed by atoms with E-state index in [0.29, 0.717) is 12.4 Å². The predicted octanol–water partition coefficient (Wildman–Crippen LogP) is 2.47. The maximum Gasteiger partial charge on any atom is 0.133 e. The van der Waals surface area contributed by atoms with Gasteiger partial charge in [-0.15, -0.1) is 0 Å². The third kappa shape index (κ3) is 5.91. The summed E-state index contributed by atoms with van der Waals surface area (Å²) in [7, 11) is 2.18. The first kappa shape index (κ1) is 18.4. The molecular weight excluding hydrogens is 300 g/mol. The van der Waals surface area contributed by atoms with E-state index in [-0.39, 0.29) is 0 Å². The number of likely N-dealkylation sites (N-methyl/N-ethyl adjacent to an activating group) is 1. The van der Waals surface area contributed by atoms with Crippen LogP contribution in [0.5, 0.6) is 0 Å². The number of pyridine rings is 1. The quantitative estimate of drug-likeness (QED) is 0.629. The van der Waals surface area contributed by atoms with Gasteiger partial charge in [-0.05, 0) is 38.1 Å². The van der Waals surface area contributed by atoms with Crippen LogP contribution in [0.25, 0.3) is 10.9 Å². The van der Waals surface area contributed by atoms with Crippen LogP contribution in [0, 0.1) is 0 Å². The van der Waals surface area contributed by atoms with Crippen molar-refractivity contribution in [3.8, 4) is 0 Å². The second kappa shape index (κ2) is 10.0. The number of carbonyl (C=O) groups excluding carboxylic acids is 1. The molecule has 1 aromatic carbocycles. The molecule has 1 saturated carbocycles. The number of benzene rings is 1. The summed E-state index contributed by atoms with van der Waals surface area (Å²) in [5.41, 5.74) is 6.46. The van der Waals surface area contributed by atoms with Gasteiger partial charge in [0.1, 0.15) is 12.1 Å². The molecule has 1 fully saturated rings. The molecule has 0 unspecified atom stereocenters. The van der Waals surface area contributed by atoms with Gasteiger partial charge in [-0.1, -0.05) is 31.0 Å². The molecular formula is C19H28N4O. The first-order valence-corrected chi connectivity index (χ1v) is 8.66. The van der Waals surface area contributed by atoms with Gasteiger partial charge in [0, 0.05) is 24.5 Å². The van der Waals surface area contributed by atoms with Crippen LogP contribution in [0.1, 0.15) is 25.7 Å². The zero-order chi connectivity index (χ0) is 17.2. The van der Waals surface area contributed by atoms with Gasteiger partial charge in [0.05, 0.1) is 12.1 Å². The van der Waals surface area contributed by atoms with E-state index in [0.717, 1.165) is 36.3 Å². The monoisotopic (exact) mass is 328 g/mol. The average Bonchev–Trinajstić information content (AvgIpc) is 3.14. The first-order valence-electron chi connectivity index (χ1n) is 8.66. The smallest absolute Gasteiger partial charge is 0.133 e. The third-order valence-corrected chi connectivity index (χ3v) is 4.44. The lowest BCUT2D eigenvalue weighted by Crippen LogP contribution is -2.35. The summed E-state index contributed by atoms with van der Waals surface area (Å²) in [6, 6.07) is 12.5. The predicted molar refractivity (Wildman–Crippen MR) is 100.0 cm³/mol. The fraction of sp³-hybridized carbons (Fsp3) is 0.474. The number of carbonyl (C=O) groups is 1. The summed E-state index contributed by atoms with van der Waals surface area (Å²) < 4.78 is 0. The minimum atomic E-state index is 0.485. The van der Waals surface area contributed by atoms with Crippen molar-refractivity contribution < 1.29 is 4.79 Å². The zero-order valence-corrected chi connectivity index (χ0v) is 14.4. The van der Waals surface area contributed by atoms with Crippen LogP contribution in [-0.2, 0) is 4.79 Å². The highest BCUT2D eigenvalue weighted by atomic mass is 16.1. The van der Waals surface area contributed by atoms with E-state index >= 15 is 0 Å². The molecule has 3 rings (SSSR count). The Morgan fingerprint density at radius 2 is 2.00 bits per heavy atom. The Labute approximate surface area is 144 Å². The van der Waals surface area contributed by atoms with Gasteiger partial charge in [-0.2, -0.15) is 0 Å². The average molecular weight is 328 g/mol. The fourth-order valence-corrected chi connectivity index (χ4v) is 3.03. The Bertz CT molecular complexity index is 626. The summed E-state index contributed by atoms with van der Waals surface area (Å²) in [4.78, 5) is 16.6. The van der Waals surface area contributed by atoms with Crippen LogP contribution in [0.4, 0.5) is 5.82 Å². The van der Waals surface area contributed by atoms with Crippen molar-refractivity contribution in [1.29, 1.82) is 0 Å². The molecule has 0 radical (unpaired) electrons. The maximum atomic E-state index is 10.0. The number of rotatable bonds is 6. The number of aromatic nitrogens is 1. The molecule has 0 aliphatic heterocycles. The highest BCUT2D eigenvalue weighted by Gasteiger charge is 2.18. The summed E-state index contributed by atoms with van der Waals surface area (Å²) in [5.74, 6) is 0.573. The van der Waals surface area contributed by atoms with Crippen LogP contribution in [0.15, 0.2) is 36.4 Å². The minimum absolute atomic E-state index is 0.485. The van der Waals surface area contributed by atoms with Crippen molar-refractivity contribution in [3.63, 3.8) is 0 Å². The number of hydrogen-bond donors (Lipinski definition) is 2. The number of nitrogen functional groups attached to an aromatic ring is 1. The van der Waals surface area contributed by atoms with Crippen molar-refractivity contribution >= 4 is 23.0 Å². The molecule has 5 heteroatoms. The van der Waals surface area contributed by atoms with Crippen LogP contribution >= 0.6 is 0 Å². The van der Waals surface area contributed by atoms with Crippen LogP contribution in [-0.4, -0.2) is 48.9 Å². The van der Waals surface area contributed by atoms with Crippen LogP contribution < -0.4 is 11.1 Å². The van der Waals surface area contributed by atoms with Gasteiger partial charge in [-0.3, -0.25) is 0 Å². The lowest BCUT2D eigenvalue weighted by molar-refractivity contribution is -0.107. The summed E-state index contributed by atoms with van der Waals surface area (Å²) in [6.07, 6.45) is 6.39. The summed E-state index contributed by atoms with van der Waals surface area (Å²) >= 11 is 0. The molecule has 0 amide bonds. The molecule has 130 valence electrons. The van der Waals surface area contributed by atoms with E-state index in [9.17, 15) is 4.79 Å². The molecule has 2 aromatic rings. The number of anilines is 1. The molecule has 0 saturated heterocycles. The van der Waals surface area contributed by atoms with Crippen molar-refractivity contribution in [1.82, 2.24) is 15.2 Å². The number of hydrogen-bond acceptors (Lipinski definition) is 5. The molecule has 0 atom stereocenters. The zero-order valence-electron chi connectivity index (χ0n) is 14.4. The molecule has 0 bridgehead atoms. The standard InChI is InChI=1S/C10H20N2O.C9H8N2/c1-12(8-6-11-7-9-13)10-4-2-3-5-10;10-9-6-5-7-3-1-2-4-8(7)11-9/h9-11H,2-8H2,1H3;1-6H,(H2,10,11). The van der Waals surface area contributed by atoms with E-state index in [4.69, 9.17) is 5.73 Å². The number of nitrogens with two attached hydrogens (primary N) is 1. The maximum absolute atomic E-state index is 10.0. The summed E-state index contributed by atoms with van der Waals surface area (Å²) in [5, 5.41) is 4.21. The van der Waals surface area contributed by atoms with Crippen molar-refractivity contribution in [3.05, 3.63) is 36.4 Å². The number of nitrogens with zero attached hydrogens (tertiary/aromatic N) is 2.